The van der Waals surface area contributed by atoms with Gasteiger partial charge in [-0.15, -0.1) is 11.3 Å². The van der Waals surface area contributed by atoms with Crippen molar-refractivity contribution in [3.05, 3.63) is 15.8 Å². The van der Waals surface area contributed by atoms with Crippen LogP contribution in [0.25, 0.3) is 0 Å². The number of carbonyl (C=O) groups is 1. The molecule has 0 bridgehead atoms. The van der Waals surface area contributed by atoms with Crippen LogP contribution >= 0.6 is 11.3 Å². The van der Waals surface area contributed by atoms with E-state index in [4.69, 9.17) is 9.84 Å². The first kappa shape index (κ1) is 13.4. The Morgan fingerprint density at radius 2 is 2.33 bits per heavy atom. The van der Waals surface area contributed by atoms with Crippen LogP contribution in [0.5, 0.6) is 5.75 Å². The molecular weight excluding hydrogens is 276 g/mol. The molecule has 0 aromatic carbocycles. The van der Waals surface area contributed by atoms with Crippen molar-refractivity contribution in [1.29, 1.82) is 0 Å². The van der Waals surface area contributed by atoms with Gasteiger partial charge in [-0.05, 0) is 18.9 Å². The summed E-state index contributed by atoms with van der Waals surface area (Å²) in [7, 11) is -3.02. The number of hydrogen-bond donors (Lipinski definition) is 1. The summed E-state index contributed by atoms with van der Waals surface area (Å²) in [4.78, 5) is 12.1. The molecule has 1 aliphatic heterocycles. The predicted octanol–water partition coefficient (Wildman–Crippen LogP) is 1.57. The van der Waals surface area contributed by atoms with Gasteiger partial charge in [0.25, 0.3) is 0 Å². The van der Waals surface area contributed by atoms with E-state index in [2.05, 4.69) is 0 Å². The highest BCUT2D eigenvalue weighted by molar-refractivity contribution is 7.91. The molecule has 1 N–H and O–H groups in total. The van der Waals surface area contributed by atoms with Crippen LogP contribution in [0.15, 0.2) is 6.07 Å². The van der Waals surface area contributed by atoms with Crippen LogP contribution in [-0.4, -0.2) is 37.1 Å². The maximum Gasteiger partial charge on any atom is 0.349 e. The molecule has 1 aliphatic rings. The summed E-state index contributed by atoms with van der Waals surface area (Å²) in [5.41, 5.74) is 0. The number of thiophene rings is 1. The molecule has 0 radical (unpaired) electrons. The summed E-state index contributed by atoms with van der Waals surface area (Å²) in [5.74, 6) is -0.643. The van der Waals surface area contributed by atoms with Gasteiger partial charge in [0.15, 0.2) is 14.7 Å². The van der Waals surface area contributed by atoms with Gasteiger partial charge >= 0.3 is 5.97 Å². The van der Waals surface area contributed by atoms with E-state index in [1.165, 1.54) is 11.3 Å². The number of ether oxygens (including phenoxy) is 1. The molecule has 100 valence electrons. The van der Waals surface area contributed by atoms with Crippen molar-refractivity contribution < 1.29 is 23.1 Å². The quantitative estimate of drug-likeness (QED) is 0.910. The molecule has 1 fully saturated rings. The average Bonchev–Trinajstić information content (AvgIpc) is 2.82. The lowest BCUT2D eigenvalue weighted by atomic mass is 10.3. The predicted molar refractivity (Wildman–Crippen MR) is 68.3 cm³/mol. The van der Waals surface area contributed by atoms with Crippen molar-refractivity contribution in [1.82, 2.24) is 0 Å². The Labute approximate surface area is 109 Å². The summed E-state index contributed by atoms with van der Waals surface area (Å²) >= 11 is 1.18. The molecule has 0 spiro atoms. The summed E-state index contributed by atoms with van der Waals surface area (Å²) < 4.78 is 28.2. The van der Waals surface area contributed by atoms with Crippen LogP contribution in [0.3, 0.4) is 0 Å². The van der Waals surface area contributed by atoms with E-state index in [9.17, 15) is 13.2 Å². The summed E-state index contributed by atoms with van der Waals surface area (Å²) in [6.07, 6.45) is 0.739. The molecule has 7 heteroatoms. The normalized spacial score (nSPS) is 21.9. The summed E-state index contributed by atoms with van der Waals surface area (Å²) in [6, 6.07) is 1.69. The molecule has 18 heavy (non-hydrogen) atoms. The molecule has 1 aromatic heterocycles. The van der Waals surface area contributed by atoms with Gasteiger partial charge in [0.05, 0.1) is 11.5 Å². The highest BCUT2D eigenvalue weighted by Crippen LogP contribution is 2.32. The van der Waals surface area contributed by atoms with Gasteiger partial charge in [-0.2, -0.15) is 0 Å². The smallest absolute Gasteiger partial charge is 0.349 e. The minimum absolute atomic E-state index is 0.0244. The van der Waals surface area contributed by atoms with Gasteiger partial charge in [-0.25, -0.2) is 13.2 Å². The van der Waals surface area contributed by atoms with Crippen molar-refractivity contribution in [2.24, 2.45) is 0 Å². The Morgan fingerprint density at radius 1 is 1.61 bits per heavy atom. The van der Waals surface area contributed by atoms with Crippen molar-refractivity contribution in [2.75, 3.05) is 11.5 Å². The Bertz CT molecular complexity index is 558. The Balaban J connectivity index is 2.18. The van der Waals surface area contributed by atoms with Crippen molar-refractivity contribution in [2.45, 2.75) is 25.9 Å². The van der Waals surface area contributed by atoms with E-state index >= 15 is 0 Å². The van der Waals surface area contributed by atoms with Crippen LogP contribution in [-0.2, 0) is 16.3 Å². The van der Waals surface area contributed by atoms with Gasteiger partial charge in [-0.1, -0.05) is 6.92 Å². The zero-order chi connectivity index (χ0) is 13.3. The number of hydrogen-bond acceptors (Lipinski definition) is 5. The van der Waals surface area contributed by atoms with Crippen LogP contribution in [0, 0.1) is 0 Å². The first-order valence-corrected chi connectivity index (χ1v) is 8.28. The molecule has 5 nitrogen and oxygen atoms in total. The number of carboxylic acids is 1. The Hall–Kier alpha value is -1.08. The van der Waals surface area contributed by atoms with E-state index < -0.39 is 21.9 Å². The molecule has 0 saturated carbocycles. The third-order valence-corrected chi connectivity index (χ3v) is 5.76. The van der Waals surface area contributed by atoms with E-state index in [-0.39, 0.29) is 16.4 Å². The maximum atomic E-state index is 11.3. The van der Waals surface area contributed by atoms with Crippen molar-refractivity contribution >= 4 is 27.1 Å². The lowest BCUT2D eigenvalue weighted by molar-refractivity contribution is 0.0696. The van der Waals surface area contributed by atoms with Gasteiger partial charge in [0.1, 0.15) is 11.9 Å². The van der Waals surface area contributed by atoms with Gasteiger partial charge in [0, 0.05) is 4.88 Å². The molecule has 0 aliphatic carbocycles. The SMILES string of the molecule is CCc1cc(OC2CCS(=O)(=O)C2)c(C(=O)O)s1. The first-order chi connectivity index (χ1) is 8.41. The minimum Gasteiger partial charge on any atom is -0.488 e. The zero-order valence-electron chi connectivity index (χ0n) is 9.88. The van der Waals surface area contributed by atoms with Crippen LogP contribution in [0.2, 0.25) is 0 Å². The van der Waals surface area contributed by atoms with Crippen LogP contribution < -0.4 is 4.74 Å². The second kappa shape index (κ2) is 4.89. The van der Waals surface area contributed by atoms with E-state index in [0.29, 0.717) is 12.2 Å². The molecule has 1 saturated heterocycles. The lowest BCUT2D eigenvalue weighted by Gasteiger charge is -2.10. The monoisotopic (exact) mass is 290 g/mol. The molecule has 1 atom stereocenters. The van der Waals surface area contributed by atoms with Crippen LogP contribution in [0.4, 0.5) is 0 Å². The van der Waals surface area contributed by atoms with Crippen molar-refractivity contribution in [3.63, 3.8) is 0 Å². The molecule has 1 aromatic rings. The molecule has 2 rings (SSSR count). The molecular formula is C11H14O5S2. The van der Waals surface area contributed by atoms with Crippen molar-refractivity contribution in [3.8, 4) is 5.75 Å². The van der Waals surface area contributed by atoms with Gasteiger partial charge < -0.3 is 9.84 Å². The number of sulfone groups is 1. The highest BCUT2D eigenvalue weighted by Gasteiger charge is 2.30. The van der Waals surface area contributed by atoms with Crippen LogP contribution in [0.1, 0.15) is 27.9 Å². The van der Waals surface area contributed by atoms with Gasteiger partial charge in [0.2, 0.25) is 0 Å². The molecule has 0 amide bonds. The second-order valence-electron chi connectivity index (χ2n) is 4.21. The molecule has 1 unspecified atom stereocenters. The fraction of sp³-hybridized carbons (Fsp3) is 0.545. The third-order valence-electron chi connectivity index (χ3n) is 2.78. The first-order valence-electron chi connectivity index (χ1n) is 5.64. The number of aryl methyl sites for hydroxylation is 1. The average molecular weight is 290 g/mol. The van der Waals surface area contributed by atoms with Gasteiger partial charge in [-0.3, -0.25) is 0 Å². The lowest BCUT2D eigenvalue weighted by Crippen LogP contribution is -2.18. The zero-order valence-corrected chi connectivity index (χ0v) is 11.5. The fourth-order valence-corrected chi connectivity index (χ4v) is 4.32. The van der Waals surface area contributed by atoms with E-state index in [0.717, 1.165) is 11.3 Å². The van der Waals surface area contributed by atoms with E-state index in [1.807, 2.05) is 6.92 Å². The highest BCUT2D eigenvalue weighted by atomic mass is 32.2. The fourth-order valence-electron chi connectivity index (χ4n) is 1.87. The number of carboxylic acid groups (broad SMARTS) is 1. The number of rotatable bonds is 4. The minimum atomic E-state index is -3.02. The summed E-state index contributed by atoms with van der Waals surface area (Å²) in [5, 5.41) is 9.06. The second-order valence-corrected chi connectivity index (χ2v) is 7.57. The largest absolute Gasteiger partial charge is 0.488 e. The number of aromatic carboxylic acids is 1. The van der Waals surface area contributed by atoms with E-state index in [1.54, 1.807) is 6.07 Å². The molecule has 2 heterocycles. The topological polar surface area (TPSA) is 80.7 Å². The standard InChI is InChI=1S/C11H14O5S2/c1-2-8-5-9(10(17-8)11(12)13)16-7-3-4-18(14,15)6-7/h5,7H,2-4,6H2,1H3,(H,12,13). The Kier molecular flexibility index (Phi) is 3.63. The Morgan fingerprint density at radius 3 is 2.83 bits per heavy atom. The summed E-state index contributed by atoms with van der Waals surface area (Å²) in [6.45, 7) is 1.93. The maximum absolute atomic E-state index is 11.3. The third kappa shape index (κ3) is 2.84.